The normalized spacial score (nSPS) is 10.6. The Labute approximate surface area is 128 Å². The predicted molar refractivity (Wildman–Crippen MR) is 82.3 cm³/mol. The Morgan fingerprint density at radius 2 is 2.24 bits per heavy atom. The van der Waals surface area contributed by atoms with E-state index in [4.69, 9.17) is 4.52 Å². The molecule has 0 aromatic carbocycles. The lowest BCUT2D eigenvalue weighted by Gasteiger charge is -2.05. The number of pyridine rings is 1. The van der Waals surface area contributed by atoms with Crippen molar-refractivity contribution in [3.63, 3.8) is 0 Å². The highest BCUT2D eigenvalue weighted by molar-refractivity contribution is 7.99. The maximum atomic E-state index is 11.8. The average molecular weight is 305 g/mol. The standard InChI is InChI=1S/C15H19N3O2S/c1-11-13(12(2)20-18-11)6-7-14(19)16-9-10-21-15-5-3-4-8-17-15/h3-5,8H,6-7,9-10H2,1-2H3,(H,16,19). The van der Waals surface area contributed by atoms with E-state index in [9.17, 15) is 4.79 Å². The van der Waals surface area contributed by atoms with Crippen LogP contribution in [0.25, 0.3) is 0 Å². The van der Waals surface area contributed by atoms with Crippen LogP contribution in [0.5, 0.6) is 0 Å². The summed E-state index contributed by atoms with van der Waals surface area (Å²) in [6, 6.07) is 5.81. The van der Waals surface area contributed by atoms with Crippen molar-refractivity contribution in [1.82, 2.24) is 15.5 Å². The molecule has 0 fully saturated rings. The number of amides is 1. The third kappa shape index (κ3) is 4.90. The number of nitrogens with zero attached hydrogens (tertiary/aromatic N) is 2. The van der Waals surface area contributed by atoms with E-state index in [0.29, 0.717) is 19.4 Å². The van der Waals surface area contributed by atoms with Crippen LogP contribution in [0.15, 0.2) is 33.9 Å². The molecule has 0 saturated carbocycles. The largest absolute Gasteiger partial charge is 0.361 e. The van der Waals surface area contributed by atoms with Crippen LogP contribution in [-0.4, -0.2) is 28.3 Å². The van der Waals surface area contributed by atoms with Crippen molar-refractivity contribution < 1.29 is 9.32 Å². The molecule has 0 aliphatic carbocycles. The van der Waals surface area contributed by atoms with Crippen LogP contribution in [0, 0.1) is 13.8 Å². The molecule has 21 heavy (non-hydrogen) atoms. The topological polar surface area (TPSA) is 68.0 Å². The monoisotopic (exact) mass is 305 g/mol. The van der Waals surface area contributed by atoms with E-state index < -0.39 is 0 Å². The Bertz CT molecular complexity index is 564. The minimum Gasteiger partial charge on any atom is -0.361 e. The van der Waals surface area contributed by atoms with Crippen LogP contribution in [0.1, 0.15) is 23.4 Å². The van der Waals surface area contributed by atoms with Gasteiger partial charge in [-0.15, -0.1) is 11.8 Å². The molecular formula is C15H19N3O2S. The molecule has 0 bridgehead atoms. The minimum absolute atomic E-state index is 0.0524. The number of aryl methyl sites for hydroxylation is 2. The maximum Gasteiger partial charge on any atom is 0.220 e. The first-order valence-electron chi connectivity index (χ1n) is 6.89. The molecule has 2 aromatic heterocycles. The van der Waals surface area contributed by atoms with Crippen molar-refractivity contribution in [1.29, 1.82) is 0 Å². The summed E-state index contributed by atoms with van der Waals surface area (Å²) in [5.41, 5.74) is 1.90. The number of hydrogen-bond donors (Lipinski definition) is 1. The third-order valence-corrected chi connectivity index (χ3v) is 4.04. The second kappa shape index (κ2) is 7.83. The van der Waals surface area contributed by atoms with Crippen LogP contribution in [0.4, 0.5) is 0 Å². The molecule has 0 atom stereocenters. The molecule has 2 rings (SSSR count). The van der Waals surface area contributed by atoms with Crippen LogP contribution in [0.3, 0.4) is 0 Å². The van der Waals surface area contributed by atoms with Gasteiger partial charge in [0.25, 0.3) is 0 Å². The molecule has 1 amide bonds. The lowest BCUT2D eigenvalue weighted by molar-refractivity contribution is -0.120. The second-order valence-corrected chi connectivity index (χ2v) is 5.78. The predicted octanol–water partition coefficient (Wildman–Crippen LogP) is 2.53. The molecule has 6 heteroatoms. The van der Waals surface area contributed by atoms with Crippen LogP contribution in [0.2, 0.25) is 0 Å². The number of nitrogens with one attached hydrogen (secondary N) is 1. The second-order valence-electron chi connectivity index (χ2n) is 4.67. The summed E-state index contributed by atoms with van der Waals surface area (Å²) in [7, 11) is 0. The van der Waals surface area contributed by atoms with Crippen molar-refractivity contribution in [3.05, 3.63) is 41.4 Å². The van der Waals surface area contributed by atoms with Crippen molar-refractivity contribution in [2.75, 3.05) is 12.3 Å². The molecule has 0 aliphatic heterocycles. The fourth-order valence-electron chi connectivity index (χ4n) is 1.96. The third-order valence-electron chi connectivity index (χ3n) is 3.10. The summed E-state index contributed by atoms with van der Waals surface area (Å²) in [6.45, 7) is 4.41. The Morgan fingerprint density at radius 3 is 2.90 bits per heavy atom. The van der Waals surface area contributed by atoms with Gasteiger partial charge in [0.1, 0.15) is 5.76 Å². The van der Waals surface area contributed by atoms with Crippen LogP contribution >= 0.6 is 11.8 Å². The Morgan fingerprint density at radius 1 is 1.38 bits per heavy atom. The van der Waals surface area contributed by atoms with E-state index in [1.165, 1.54) is 0 Å². The van der Waals surface area contributed by atoms with Crippen LogP contribution in [-0.2, 0) is 11.2 Å². The van der Waals surface area contributed by atoms with Gasteiger partial charge in [-0.05, 0) is 32.4 Å². The van der Waals surface area contributed by atoms with Crippen molar-refractivity contribution in [3.8, 4) is 0 Å². The maximum absolute atomic E-state index is 11.8. The molecule has 0 aliphatic rings. The van der Waals surface area contributed by atoms with Gasteiger partial charge in [0.05, 0.1) is 10.7 Å². The lowest BCUT2D eigenvalue weighted by Crippen LogP contribution is -2.26. The Hall–Kier alpha value is -1.82. The first-order chi connectivity index (χ1) is 10.2. The molecular weight excluding hydrogens is 286 g/mol. The minimum atomic E-state index is 0.0524. The summed E-state index contributed by atoms with van der Waals surface area (Å²) >= 11 is 1.63. The van der Waals surface area contributed by atoms with Crippen molar-refractivity contribution in [2.45, 2.75) is 31.7 Å². The number of thioether (sulfide) groups is 1. The Balaban J connectivity index is 1.64. The van der Waals surface area contributed by atoms with Gasteiger partial charge in [-0.3, -0.25) is 4.79 Å². The molecule has 0 unspecified atom stereocenters. The van der Waals surface area contributed by atoms with E-state index >= 15 is 0 Å². The van der Waals surface area contributed by atoms with Crippen molar-refractivity contribution >= 4 is 17.7 Å². The first-order valence-corrected chi connectivity index (χ1v) is 7.87. The van der Waals surface area contributed by atoms with Gasteiger partial charge in [-0.2, -0.15) is 0 Å². The highest BCUT2D eigenvalue weighted by Crippen LogP contribution is 2.14. The quantitative estimate of drug-likeness (QED) is 0.629. The zero-order valence-corrected chi connectivity index (χ0v) is 13.1. The Kier molecular flexibility index (Phi) is 5.80. The van der Waals surface area contributed by atoms with E-state index in [-0.39, 0.29) is 5.91 Å². The van der Waals surface area contributed by atoms with Gasteiger partial charge in [0, 0.05) is 30.5 Å². The zero-order valence-electron chi connectivity index (χ0n) is 12.3. The van der Waals surface area contributed by atoms with Crippen molar-refractivity contribution in [2.24, 2.45) is 0 Å². The molecule has 2 heterocycles. The number of hydrogen-bond acceptors (Lipinski definition) is 5. The molecule has 112 valence electrons. The highest BCUT2D eigenvalue weighted by atomic mass is 32.2. The molecule has 2 aromatic rings. The van der Waals surface area contributed by atoms with Gasteiger partial charge in [-0.1, -0.05) is 11.2 Å². The summed E-state index contributed by atoms with van der Waals surface area (Å²) in [6.07, 6.45) is 2.89. The highest BCUT2D eigenvalue weighted by Gasteiger charge is 2.10. The van der Waals surface area contributed by atoms with E-state index in [1.54, 1.807) is 18.0 Å². The van der Waals surface area contributed by atoms with Gasteiger partial charge in [0.2, 0.25) is 5.91 Å². The van der Waals surface area contributed by atoms with E-state index in [2.05, 4.69) is 15.5 Å². The lowest BCUT2D eigenvalue weighted by atomic mass is 10.1. The van der Waals surface area contributed by atoms with E-state index in [1.807, 2.05) is 32.0 Å². The number of carbonyl (C=O) groups is 1. The zero-order chi connectivity index (χ0) is 15.1. The van der Waals surface area contributed by atoms with Crippen LogP contribution < -0.4 is 5.32 Å². The molecule has 0 radical (unpaired) electrons. The fraction of sp³-hybridized carbons (Fsp3) is 0.400. The first kappa shape index (κ1) is 15.6. The molecule has 5 nitrogen and oxygen atoms in total. The molecule has 1 N–H and O–H groups in total. The smallest absolute Gasteiger partial charge is 0.220 e. The van der Waals surface area contributed by atoms with Gasteiger partial charge >= 0.3 is 0 Å². The van der Waals surface area contributed by atoms with Gasteiger partial charge in [-0.25, -0.2) is 4.98 Å². The summed E-state index contributed by atoms with van der Waals surface area (Å²) in [5, 5.41) is 7.78. The summed E-state index contributed by atoms with van der Waals surface area (Å²) in [5.74, 6) is 1.66. The molecule has 0 saturated heterocycles. The SMILES string of the molecule is Cc1noc(C)c1CCC(=O)NCCSc1ccccn1. The molecule has 0 spiro atoms. The summed E-state index contributed by atoms with van der Waals surface area (Å²) < 4.78 is 5.08. The van der Waals surface area contributed by atoms with E-state index in [0.717, 1.165) is 27.8 Å². The number of carbonyl (C=O) groups excluding carboxylic acids is 1. The number of aromatic nitrogens is 2. The average Bonchev–Trinajstić information content (AvgIpc) is 2.81. The van der Waals surface area contributed by atoms with Gasteiger partial charge in [0.15, 0.2) is 0 Å². The summed E-state index contributed by atoms with van der Waals surface area (Å²) in [4.78, 5) is 16.0. The number of rotatable bonds is 7. The van der Waals surface area contributed by atoms with Gasteiger partial charge < -0.3 is 9.84 Å². The fourth-order valence-corrected chi connectivity index (χ4v) is 2.69.